The van der Waals surface area contributed by atoms with E-state index in [2.05, 4.69) is 5.32 Å². The van der Waals surface area contributed by atoms with Crippen molar-refractivity contribution >= 4 is 23.2 Å². The predicted molar refractivity (Wildman–Crippen MR) is 92.8 cm³/mol. The maximum atomic E-state index is 12.5. The lowest BCUT2D eigenvalue weighted by Gasteiger charge is -2.17. The summed E-state index contributed by atoms with van der Waals surface area (Å²) in [7, 11) is 0. The smallest absolute Gasteiger partial charge is 0.231 e. The highest BCUT2D eigenvalue weighted by atomic mass is 16.7. The molecule has 2 aromatic carbocycles. The van der Waals surface area contributed by atoms with E-state index in [1.54, 1.807) is 23.1 Å². The molecule has 1 N–H and O–H groups in total. The molecule has 0 aromatic heterocycles. The Morgan fingerprint density at radius 2 is 2.00 bits per heavy atom. The van der Waals surface area contributed by atoms with Gasteiger partial charge in [-0.1, -0.05) is 12.1 Å². The number of carbonyl (C=O) groups is 2. The fraction of sp³-hybridized carbons (Fsp3) is 0.263. The van der Waals surface area contributed by atoms with E-state index in [0.717, 1.165) is 11.3 Å². The van der Waals surface area contributed by atoms with Crippen molar-refractivity contribution in [1.29, 1.82) is 0 Å². The van der Waals surface area contributed by atoms with E-state index in [1.165, 1.54) is 0 Å². The first-order valence-electron chi connectivity index (χ1n) is 8.18. The Balaban J connectivity index is 1.45. The summed E-state index contributed by atoms with van der Waals surface area (Å²) < 4.78 is 10.6. The summed E-state index contributed by atoms with van der Waals surface area (Å²) >= 11 is 0. The first kappa shape index (κ1) is 15.5. The number of aryl methyl sites for hydroxylation is 1. The van der Waals surface area contributed by atoms with E-state index in [-0.39, 0.29) is 30.9 Å². The van der Waals surface area contributed by atoms with Crippen molar-refractivity contribution in [3.8, 4) is 11.5 Å². The first-order valence-corrected chi connectivity index (χ1v) is 8.18. The second-order valence-corrected chi connectivity index (χ2v) is 6.30. The lowest BCUT2D eigenvalue weighted by atomic mass is 10.1. The number of carbonyl (C=O) groups excluding carboxylic acids is 2. The molecule has 25 heavy (non-hydrogen) atoms. The number of amides is 2. The number of rotatable bonds is 3. The van der Waals surface area contributed by atoms with E-state index in [4.69, 9.17) is 9.47 Å². The SMILES string of the molecule is Cc1cccc(N2CC(C(=O)Nc3ccc4c(c3)OCO4)CC2=O)c1. The summed E-state index contributed by atoms with van der Waals surface area (Å²) in [6.45, 7) is 2.56. The molecule has 1 atom stereocenters. The van der Waals surface area contributed by atoms with Crippen molar-refractivity contribution in [2.45, 2.75) is 13.3 Å². The van der Waals surface area contributed by atoms with Crippen LogP contribution in [-0.4, -0.2) is 25.2 Å². The fourth-order valence-corrected chi connectivity index (χ4v) is 3.15. The Kier molecular flexibility index (Phi) is 3.80. The molecular formula is C19H18N2O4. The molecule has 0 bridgehead atoms. The van der Waals surface area contributed by atoms with Gasteiger partial charge in [-0.05, 0) is 36.8 Å². The van der Waals surface area contributed by atoms with Gasteiger partial charge in [-0.15, -0.1) is 0 Å². The zero-order chi connectivity index (χ0) is 17.4. The van der Waals surface area contributed by atoms with E-state index in [9.17, 15) is 9.59 Å². The second-order valence-electron chi connectivity index (χ2n) is 6.30. The van der Waals surface area contributed by atoms with Crippen LogP contribution in [0.2, 0.25) is 0 Å². The molecule has 6 heteroatoms. The van der Waals surface area contributed by atoms with Gasteiger partial charge in [0.05, 0.1) is 5.92 Å². The molecule has 6 nitrogen and oxygen atoms in total. The van der Waals surface area contributed by atoms with Crippen molar-refractivity contribution < 1.29 is 19.1 Å². The van der Waals surface area contributed by atoms with Crippen LogP contribution in [0.25, 0.3) is 0 Å². The van der Waals surface area contributed by atoms with Crippen LogP contribution in [-0.2, 0) is 9.59 Å². The van der Waals surface area contributed by atoms with Gasteiger partial charge < -0.3 is 19.7 Å². The average molecular weight is 338 g/mol. The highest BCUT2D eigenvalue weighted by Gasteiger charge is 2.35. The van der Waals surface area contributed by atoms with Gasteiger partial charge in [0.1, 0.15) is 0 Å². The summed E-state index contributed by atoms with van der Waals surface area (Å²) in [5.74, 6) is 0.707. The number of anilines is 2. The van der Waals surface area contributed by atoms with Gasteiger partial charge in [-0.3, -0.25) is 9.59 Å². The van der Waals surface area contributed by atoms with Gasteiger partial charge in [0.25, 0.3) is 0 Å². The normalized spacial score (nSPS) is 18.5. The number of nitrogens with one attached hydrogen (secondary N) is 1. The first-order chi connectivity index (χ1) is 12.1. The zero-order valence-electron chi connectivity index (χ0n) is 13.8. The number of hydrogen-bond donors (Lipinski definition) is 1. The molecule has 1 saturated heterocycles. The van der Waals surface area contributed by atoms with Crippen LogP contribution in [0, 0.1) is 12.8 Å². The number of nitrogens with zero attached hydrogens (tertiary/aromatic N) is 1. The van der Waals surface area contributed by atoms with Crippen molar-refractivity contribution in [1.82, 2.24) is 0 Å². The minimum Gasteiger partial charge on any atom is -0.454 e. The summed E-state index contributed by atoms with van der Waals surface area (Å²) in [4.78, 5) is 26.5. The Hall–Kier alpha value is -3.02. The van der Waals surface area contributed by atoms with Crippen LogP contribution in [0.1, 0.15) is 12.0 Å². The molecule has 2 aliphatic heterocycles. The third-order valence-electron chi connectivity index (χ3n) is 4.45. The van der Waals surface area contributed by atoms with Crippen molar-refractivity contribution in [2.24, 2.45) is 5.92 Å². The second kappa shape index (κ2) is 6.12. The Morgan fingerprint density at radius 3 is 2.84 bits per heavy atom. The Bertz CT molecular complexity index is 849. The van der Waals surface area contributed by atoms with Crippen LogP contribution in [0.3, 0.4) is 0 Å². The highest BCUT2D eigenvalue weighted by molar-refractivity contribution is 6.03. The van der Waals surface area contributed by atoms with Crippen LogP contribution >= 0.6 is 0 Å². The van der Waals surface area contributed by atoms with Crippen LogP contribution in [0.15, 0.2) is 42.5 Å². The molecule has 0 spiro atoms. The molecule has 1 fully saturated rings. The third kappa shape index (κ3) is 3.03. The van der Waals surface area contributed by atoms with Crippen molar-refractivity contribution in [3.05, 3.63) is 48.0 Å². The van der Waals surface area contributed by atoms with E-state index < -0.39 is 0 Å². The van der Waals surface area contributed by atoms with Gasteiger partial charge in [0.2, 0.25) is 18.6 Å². The molecule has 2 heterocycles. The standard InChI is InChI=1S/C19H18N2O4/c1-12-3-2-4-15(7-12)21-10-13(8-18(21)22)19(23)20-14-5-6-16-17(9-14)25-11-24-16/h2-7,9,13H,8,10-11H2,1H3,(H,20,23). The largest absolute Gasteiger partial charge is 0.454 e. The topological polar surface area (TPSA) is 67.9 Å². The lowest BCUT2D eigenvalue weighted by molar-refractivity contribution is -0.122. The van der Waals surface area contributed by atoms with Gasteiger partial charge >= 0.3 is 0 Å². The molecule has 0 radical (unpaired) electrons. The van der Waals surface area contributed by atoms with Crippen LogP contribution in [0.5, 0.6) is 11.5 Å². The lowest BCUT2D eigenvalue weighted by Crippen LogP contribution is -2.28. The number of fused-ring (bicyclic) bond motifs is 1. The Labute approximate surface area is 145 Å². The van der Waals surface area contributed by atoms with Gasteiger partial charge in [0.15, 0.2) is 11.5 Å². The minimum atomic E-state index is -0.376. The molecule has 0 saturated carbocycles. The van der Waals surface area contributed by atoms with E-state index in [1.807, 2.05) is 31.2 Å². The molecule has 0 aliphatic carbocycles. The van der Waals surface area contributed by atoms with E-state index in [0.29, 0.717) is 23.7 Å². The molecule has 4 rings (SSSR count). The minimum absolute atomic E-state index is 0.0311. The van der Waals surface area contributed by atoms with Gasteiger partial charge in [0, 0.05) is 30.4 Å². The van der Waals surface area contributed by atoms with Crippen molar-refractivity contribution in [3.63, 3.8) is 0 Å². The van der Waals surface area contributed by atoms with Crippen molar-refractivity contribution in [2.75, 3.05) is 23.6 Å². The van der Waals surface area contributed by atoms with Gasteiger partial charge in [-0.25, -0.2) is 0 Å². The average Bonchev–Trinajstić information content (AvgIpc) is 3.20. The summed E-state index contributed by atoms with van der Waals surface area (Å²) in [6.07, 6.45) is 0.213. The Morgan fingerprint density at radius 1 is 1.16 bits per heavy atom. The summed E-state index contributed by atoms with van der Waals surface area (Å²) in [5, 5.41) is 2.86. The monoisotopic (exact) mass is 338 g/mol. The number of ether oxygens (including phenoxy) is 2. The van der Waals surface area contributed by atoms with Gasteiger partial charge in [-0.2, -0.15) is 0 Å². The quantitative estimate of drug-likeness (QED) is 0.934. The van der Waals surface area contributed by atoms with Crippen LogP contribution < -0.4 is 19.7 Å². The molecule has 1 unspecified atom stereocenters. The third-order valence-corrected chi connectivity index (χ3v) is 4.45. The molecule has 2 aliphatic rings. The summed E-state index contributed by atoms with van der Waals surface area (Å²) in [6, 6.07) is 13.0. The molecule has 2 aromatic rings. The molecule has 128 valence electrons. The zero-order valence-corrected chi connectivity index (χ0v) is 13.8. The van der Waals surface area contributed by atoms with E-state index >= 15 is 0 Å². The summed E-state index contributed by atoms with van der Waals surface area (Å²) in [5.41, 5.74) is 2.55. The molecular weight excluding hydrogens is 320 g/mol. The number of hydrogen-bond acceptors (Lipinski definition) is 4. The maximum Gasteiger partial charge on any atom is 0.231 e. The number of benzene rings is 2. The van der Waals surface area contributed by atoms with Crippen LogP contribution in [0.4, 0.5) is 11.4 Å². The molecule has 2 amide bonds. The maximum absolute atomic E-state index is 12.5. The predicted octanol–water partition coefficient (Wildman–Crippen LogP) is 2.72. The highest BCUT2D eigenvalue weighted by Crippen LogP contribution is 2.34. The fourth-order valence-electron chi connectivity index (χ4n) is 3.15.